The zero-order valence-electron chi connectivity index (χ0n) is 11.6. The maximum absolute atomic E-state index is 12.4. The molecule has 0 aliphatic heterocycles. The van der Waals surface area contributed by atoms with Crippen molar-refractivity contribution in [3.63, 3.8) is 0 Å². The van der Waals surface area contributed by atoms with Crippen LogP contribution in [0.25, 0.3) is 11.0 Å². The van der Waals surface area contributed by atoms with Gasteiger partial charge in [-0.25, -0.2) is 13.0 Å². The maximum Gasteiger partial charge on any atom is 0.321 e. The molecule has 1 aromatic carbocycles. The Morgan fingerprint density at radius 3 is 2.82 bits per heavy atom. The zero-order valence-corrected chi connectivity index (χ0v) is 12.4. The molecule has 0 saturated heterocycles. The fourth-order valence-corrected chi connectivity index (χ4v) is 3.35. The highest BCUT2D eigenvalue weighted by Crippen LogP contribution is 2.20. The molecule has 0 bridgehead atoms. The average molecular weight is 328 g/mol. The molecule has 0 radical (unpaired) electrons. The molecule has 10 heteroatoms. The summed E-state index contributed by atoms with van der Waals surface area (Å²) in [6.07, 6.45) is 1.28. The Kier molecular flexibility index (Phi) is 5.06. The van der Waals surface area contributed by atoms with E-state index in [4.69, 9.17) is 10.8 Å². The van der Waals surface area contributed by atoms with Crippen molar-refractivity contribution in [1.29, 1.82) is 0 Å². The Morgan fingerprint density at radius 2 is 2.14 bits per heavy atom. The summed E-state index contributed by atoms with van der Waals surface area (Å²) in [4.78, 5) is 11.0. The second-order valence-electron chi connectivity index (χ2n) is 4.68. The molecule has 2 rings (SSSR count). The van der Waals surface area contributed by atoms with Gasteiger partial charge in [0.25, 0.3) is 0 Å². The van der Waals surface area contributed by atoms with Crippen molar-refractivity contribution in [3.8, 4) is 0 Å². The Hall–Kier alpha value is -2.04. The molecule has 0 saturated carbocycles. The maximum atomic E-state index is 12.4. The van der Waals surface area contributed by atoms with E-state index in [0.717, 1.165) is 0 Å². The van der Waals surface area contributed by atoms with Gasteiger partial charge in [0.05, 0.1) is 0 Å². The van der Waals surface area contributed by atoms with Gasteiger partial charge in [-0.1, -0.05) is 12.5 Å². The van der Waals surface area contributed by atoms with Crippen molar-refractivity contribution >= 4 is 27.0 Å². The predicted octanol–water partition coefficient (Wildman–Crippen LogP) is 0.0833. The quantitative estimate of drug-likeness (QED) is 0.577. The van der Waals surface area contributed by atoms with Crippen LogP contribution in [0.15, 0.2) is 27.7 Å². The van der Waals surface area contributed by atoms with Gasteiger partial charge in [-0.15, -0.1) is 0 Å². The van der Waals surface area contributed by atoms with Crippen LogP contribution in [0, 0.1) is 0 Å². The van der Waals surface area contributed by atoms with E-state index >= 15 is 0 Å². The second-order valence-corrected chi connectivity index (χ2v) is 6.37. The number of rotatable bonds is 8. The molecule has 120 valence electrons. The van der Waals surface area contributed by atoms with Gasteiger partial charge in [-0.2, -0.15) is 4.72 Å². The number of aromatic nitrogens is 2. The molecule has 0 unspecified atom stereocenters. The first-order valence-corrected chi connectivity index (χ1v) is 8.10. The standard InChI is InChI=1S/C12H16N4O5S/c13-7-2-1-4-9(12(17)18)16-22(19,20)10-6-3-5-8-11(10)15-21-14-8/h3,5-6,9,16H,1-2,4,7,13H2,(H,17,18)/t9-/m0/s1. The molecule has 22 heavy (non-hydrogen) atoms. The summed E-state index contributed by atoms with van der Waals surface area (Å²) in [5.74, 6) is -1.24. The first-order valence-electron chi connectivity index (χ1n) is 6.62. The SMILES string of the molecule is NCCCC[C@H](NS(=O)(=O)c1cccc2nonc12)C(=O)O. The fourth-order valence-electron chi connectivity index (χ4n) is 1.97. The van der Waals surface area contributed by atoms with E-state index in [1.54, 1.807) is 6.07 Å². The molecule has 1 heterocycles. The minimum absolute atomic E-state index is 0.0566. The highest BCUT2D eigenvalue weighted by Gasteiger charge is 2.27. The molecule has 0 amide bonds. The van der Waals surface area contributed by atoms with Crippen molar-refractivity contribution in [1.82, 2.24) is 15.0 Å². The van der Waals surface area contributed by atoms with Crippen LogP contribution in [0.2, 0.25) is 0 Å². The van der Waals surface area contributed by atoms with Crippen molar-refractivity contribution in [2.75, 3.05) is 6.54 Å². The lowest BCUT2D eigenvalue weighted by Crippen LogP contribution is -2.40. The van der Waals surface area contributed by atoms with Gasteiger partial charge < -0.3 is 10.8 Å². The van der Waals surface area contributed by atoms with Crippen LogP contribution in [0.3, 0.4) is 0 Å². The molecule has 0 spiro atoms. The number of hydrogen-bond donors (Lipinski definition) is 3. The number of hydrogen-bond acceptors (Lipinski definition) is 7. The lowest BCUT2D eigenvalue weighted by molar-refractivity contribution is -0.139. The number of carboxylic acids is 1. The Balaban J connectivity index is 2.25. The number of carbonyl (C=O) groups is 1. The highest BCUT2D eigenvalue weighted by atomic mass is 32.2. The van der Waals surface area contributed by atoms with Crippen LogP contribution in [-0.4, -0.2) is 42.4 Å². The van der Waals surface area contributed by atoms with E-state index in [9.17, 15) is 13.2 Å². The monoisotopic (exact) mass is 328 g/mol. The van der Waals surface area contributed by atoms with Crippen LogP contribution >= 0.6 is 0 Å². The Morgan fingerprint density at radius 1 is 1.36 bits per heavy atom. The fraction of sp³-hybridized carbons (Fsp3) is 0.417. The summed E-state index contributed by atoms with van der Waals surface area (Å²) in [7, 11) is -4.06. The van der Waals surface area contributed by atoms with Crippen molar-refractivity contribution < 1.29 is 22.9 Å². The Bertz CT molecular complexity index is 758. The number of fused-ring (bicyclic) bond motifs is 1. The smallest absolute Gasteiger partial charge is 0.321 e. The minimum atomic E-state index is -4.06. The van der Waals surface area contributed by atoms with Gasteiger partial charge in [0.1, 0.15) is 16.5 Å². The first kappa shape index (κ1) is 16.3. The minimum Gasteiger partial charge on any atom is -0.480 e. The number of sulfonamides is 1. The number of benzene rings is 1. The molecule has 1 aromatic heterocycles. The van der Waals surface area contributed by atoms with E-state index < -0.39 is 22.0 Å². The molecule has 2 aromatic rings. The summed E-state index contributed by atoms with van der Waals surface area (Å²) in [6, 6.07) is 3.10. The molecule has 9 nitrogen and oxygen atoms in total. The molecular weight excluding hydrogens is 312 g/mol. The molecular formula is C12H16N4O5S. The molecule has 0 aliphatic rings. The van der Waals surface area contributed by atoms with E-state index in [1.165, 1.54) is 12.1 Å². The molecule has 1 atom stereocenters. The van der Waals surface area contributed by atoms with E-state index in [1.807, 2.05) is 0 Å². The number of nitrogens with zero attached hydrogens (tertiary/aromatic N) is 2. The molecule has 0 fully saturated rings. The predicted molar refractivity (Wildman–Crippen MR) is 76.5 cm³/mol. The zero-order chi connectivity index (χ0) is 16.2. The van der Waals surface area contributed by atoms with Gasteiger partial charge in [-0.3, -0.25) is 4.79 Å². The summed E-state index contributed by atoms with van der Waals surface area (Å²) >= 11 is 0. The third-order valence-corrected chi connectivity index (χ3v) is 4.58. The van der Waals surface area contributed by atoms with Gasteiger partial charge in [-0.05, 0) is 41.8 Å². The van der Waals surface area contributed by atoms with Gasteiger partial charge >= 0.3 is 5.97 Å². The van der Waals surface area contributed by atoms with Gasteiger partial charge in [0, 0.05) is 0 Å². The summed E-state index contributed by atoms with van der Waals surface area (Å²) in [5, 5.41) is 16.3. The summed E-state index contributed by atoms with van der Waals surface area (Å²) < 4.78 is 31.4. The van der Waals surface area contributed by atoms with E-state index in [-0.39, 0.29) is 22.3 Å². The van der Waals surface area contributed by atoms with Crippen LogP contribution < -0.4 is 10.5 Å². The van der Waals surface area contributed by atoms with Crippen molar-refractivity contribution in [2.24, 2.45) is 5.73 Å². The molecule has 0 aliphatic carbocycles. The normalized spacial score (nSPS) is 13.3. The topological polar surface area (TPSA) is 148 Å². The van der Waals surface area contributed by atoms with Crippen molar-refractivity contribution in [3.05, 3.63) is 18.2 Å². The largest absolute Gasteiger partial charge is 0.480 e. The average Bonchev–Trinajstić information content (AvgIpc) is 2.94. The Labute approximate surface area is 126 Å². The third-order valence-electron chi connectivity index (χ3n) is 3.08. The van der Waals surface area contributed by atoms with Gasteiger partial charge in [0.2, 0.25) is 10.0 Å². The molecule has 4 N–H and O–H groups in total. The van der Waals surface area contributed by atoms with E-state index in [2.05, 4.69) is 19.7 Å². The summed E-state index contributed by atoms with van der Waals surface area (Å²) in [5.41, 5.74) is 5.68. The highest BCUT2D eigenvalue weighted by molar-refractivity contribution is 7.89. The first-order chi connectivity index (χ1) is 10.5. The van der Waals surface area contributed by atoms with Crippen molar-refractivity contribution in [2.45, 2.75) is 30.2 Å². The van der Waals surface area contributed by atoms with Crippen LogP contribution in [0.1, 0.15) is 19.3 Å². The lowest BCUT2D eigenvalue weighted by atomic mass is 10.1. The second kappa shape index (κ2) is 6.81. The number of unbranched alkanes of at least 4 members (excludes halogenated alkanes) is 1. The summed E-state index contributed by atoms with van der Waals surface area (Å²) in [6.45, 7) is 0.420. The van der Waals surface area contributed by atoms with Crippen LogP contribution in [-0.2, 0) is 14.8 Å². The van der Waals surface area contributed by atoms with Crippen LogP contribution in [0.4, 0.5) is 0 Å². The number of nitrogens with one attached hydrogen (secondary N) is 1. The van der Waals surface area contributed by atoms with Crippen LogP contribution in [0.5, 0.6) is 0 Å². The van der Waals surface area contributed by atoms with E-state index in [0.29, 0.717) is 19.4 Å². The lowest BCUT2D eigenvalue weighted by Gasteiger charge is -2.14. The van der Waals surface area contributed by atoms with Gasteiger partial charge in [0.15, 0.2) is 5.52 Å². The third kappa shape index (κ3) is 3.59. The number of nitrogens with two attached hydrogens (primary N) is 1. The number of carboxylic acid groups (broad SMARTS) is 1. The number of aliphatic carboxylic acids is 1.